The maximum Gasteiger partial charge on any atom is 0.410 e. The fraction of sp³-hybridized carbons (Fsp3) is 0.467. The highest BCUT2D eigenvalue weighted by Gasteiger charge is 2.20. The number of allylic oxidation sites excluding steroid dienone is 1. The van der Waals surface area contributed by atoms with Crippen LogP contribution in [0.3, 0.4) is 0 Å². The van der Waals surface area contributed by atoms with Crippen LogP contribution >= 0.6 is 0 Å². The number of nitrogens with zero attached hydrogens (tertiary/aromatic N) is 6. The van der Waals surface area contributed by atoms with E-state index in [2.05, 4.69) is 9.88 Å². The van der Waals surface area contributed by atoms with Crippen molar-refractivity contribution in [3.63, 3.8) is 0 Å². The van der Waals surface area contributed by atoms with Gasteiger partial charge in [-0.2, -0.15) is 0 Å². The number of hydrogen-bond donors (Lipinski definition) is 0. The number of hydrogen-bond acceptors (Lipinski definition) is 6. The standard InChI is InChI=1S/C30H41FN6O3/c1-10-20(3)26(23-17-25(31)28-32-12-13-36(28)18-23)33-27-21(4)16-24(19-37(27)22(5)38)35(11-2)15-14-34(9)29(39)40-30(6,7)8/h12-13,16-19H,10-11,14-15H2,1-9H3/b26-20+,33-27?. The number of carbonyl (C=O) groups excluding carboxylic acids is 2. The summed E-state index contributed by atoms with van der Waals surface area (Å²) in [4.78, 5) is 37.9. The molecule has 1 amide bonds. The van der Waals surface area contributed by atoms with Crippen LogP contribution in [0.2, 0.25) is 0 Å². The van der Waals surface area contributed by atoms with E-state index in [1.54, 1.807) is 41.1 Å². The van der Waals surface area contributed by atoms with Gasteiger partial charge in [0, 0.05) is 64.0 Å². The zero-order chi connectivity index (χ0) is 29.8. The molecule has 3 rings (SSSR count). The molecule has 0 N–H and O–H groups in total. The first-order valence-corrected chi connectivity index (χ1v) is 13.6. The minimum absolute atomic E-state index is 0.199. The Morgan fingerprint density at radius 2 is 1.82 bits per heavy atom. The second kappa shape index (κ2) is 12.5. The Morgan fingerprint density at radius 3 is 2.42 bits per heavy atom. The van der Waals surface area contributed by atoms with Crippen LogP contribution < -0.4 is 10.4 Å². The average molecular weight is 553 g/mol. The molecule has 0 aliphatic rings. The molecule has 216 valence electrons. The highest BCUT2D eigenvalue weighted by atomic mass is 19.1. The van der Waals surface area contributed by atoms with Crippen molar-refractivity contribution in [1.29, 1.82) is 0 Å². The van der Waals surface area contributed by atoms with Gasteiger partial charge in [0.25, 0.3) is 0 Å². The number of aryl methyl sites for hydroxylation is 1. The molecule has 0 fully saturated rings. The zero-order valence-electron chi connectivity index (χ0n) is 25.1. The molecule has 0 aromatic carbocycles. The van der Waals surface area contributed by atoms with Gasteiger partial charge in [-0.25, -0.2) is 19.2 Å². The first-order valence-electron chi connectivity index (χ1n) is 13.6. The van der Waals surface area contributed by atoms with Gasteiger partial charge in [-0.1, -0.05) is 6.92 Å². The van der Waals surface area contributed by atoms with Crippen LogP contribution in [-0.4, -0.2) is 63.1 Å². The monoisotopic (exact) mass is 552 g/mol. The number of halogens is 1. The van der Waals surface area contributed by atoms with Crippen LogP contribution in [0.15, 0.2) is 47.5 Å². The number of ether oxygens (including phenoxy) is 1. The summed E-state index contributed by atoms with van der Waals surface area (Å²) in [6.45, 7) is 16.5. The predicted octanol–water partition coefficient (Wildman–Crippen LogP) is 5.68. The van der Waals surface area contributed by atoms with Gasteiger partial charge in [-0.15, -0.1) is 0 Å². The largest absolute Gasteiger partial charge is 0.444 e. The van der Waals surface area contributed by atoms with Gasteiger partial charge < -0.3 is 18.9 Å². The molecule has 9 nitrogen and oxygen atoms in total. The second-order valence-electron chi connectivity index (χ2n) is 10.9. The molecule has 0 saturated carbocycles. The number of amides is 1. The van der Waals surface area contributed by atoms with E-state index < -0.39 is 11.4 Å². The molecule has 0 bridgehead atoms. The maximum absolute atomic E-state index is 14.8. The van der Waals surface area contributed by atoms with Gasteiger partial charge in [-0.3, -0.25) is 9.36 Å². The van der Waals surface area contributed by atoms with Crippen molar-refractivity contribution in [2.24, 2.45) is 4.99 Å². The Labute approximate surface area is 235 Å². The predicted molar refractivity (Wildman–Crippen MR) is 156 cm³/mol. The molecule has 40 heavy (non-hydrogen) atoms. The summed E-state index contributed by atoms with van der Waals surface area (Å²) in [6, 6.07) is 3.41. The maximum atomic E-state index is 14.8. The summed E-state index contributed by atoms with van der Waals surface area (Å²) in [5, 5.41) is 0. The van der Waals surface area contributed by atoms with Crippen molar-refractivity contribution < 1.29 is 18.7 Å². The van der Waals surface area contributed by atoms with E-state index in [-0.39, 0.29) is 17.6 Å². The van der Waals surface area contributed by atoms with Crippen LogP contribution in [0, 0.1) is 12.7 Å². The smallest absolute Gasteiger partial charge is 0.410 e. The lowest BCUT2D eigenvalue weighted by Gasteiger charge is -2.29. The highest BCUT2D eigenvalue weighted by molar-refractivity contribution is 5.77. The van der Waals surface area contributed by atoms with Crippen molar-refractivity contribution in [1.82, 2.24) is 18.9 Å². The number of rotatable bonds is 8. The topological polar surface area (TPSA) is 84.4 Å². The normalized spacial score (nSPS) is 12.9. The number of carbonyl (C=O) groups is 2. The minimum Gasteiger partial charge on any atom is -0.444 e. The van der Waals surface area contributed by atoms with Crippen molar-refractivity contribution in [2.45, 2.75) is 67.4 Å². The first-order chi connectivity index (χ1) is 18.7. The highest BCUT2D eigenvalue weighted by Crippen LogP contribution is 2.24. The summed E-state index contributed by atoms with van der Waals surface area (Å²) in [6.07, 6.45) is 7.12. The lowest BCUT2D eigenvalue weighted by Crippen LogP contribution is -2.40. The van der Waals surface area contributed by atoms with Gasteiger partial charge in [0.05, 0.1) is 11.4 Å². The van der Waals surface area contributed by atoms with Crippen molar-refractivity contribution in [2.75, 3.05) is 31.6 Å². The van der Waals surface area contributed by atoms with E-state index in [4.69, 9.17) is 9.73 Å². The Balaban J connectivity index is 2.03. The fourth-order valence-electron chi connectivity index (χ4n) is 4.23. The molecule has 3 heterocycles. The number of pyridine rings is 2. The molecule has 0 aliphatic heterocycles. The second-order valence-corrected chi connectivity index (χ2v) is 10.9. The number of imidazole rings is 1. The number of anilines is 1. The summed E-state index contributed by atoms with van der Waals surface area (Å²) in [5.74, 6) is -0.643. The molecule has 0 radical (unpaired) electrons. The van der Waals surface area contributed by atoms with Crippen LogP contribution in [0.5, 0.6) is 0 Å². The average Bonchev–Trinajstić information content (AvgIpc) is 3.36. The van der Waals surface area contributed by atoms with Crippen LogP contribution in [-0.2, 0) is 4.74 Å². The molecular formula is C30H41FN6O3. The molecule has 0 unspecified atom stereocenters. The third-order valence-corrected chi connectivity index (χ3v) is 6.57. The molecule has 0 aliphatic carbocycles. The zero-order valence-corrected chi connectivity index (χ0v) is 25.1. The van der Waals surface area contributed by atoms with Crippen LogP contribution in [0.25, 0.3) is 11.3 Å². The lowest BCUT2D eigenvalue weighted by molar-refractivity contribution is 0.0303. The van der Waals surface area contributed by atoms with E-state index in [1.807, 2.05) is 54.5 Å². The van der Waals surface area contributed by atoms with E-state index in [9.17, 15) is 14.0 Å². The fourth-order valence-corrected chi connectivity index (χ4v) is 4.23. The molecule has 3 aromatic rings. The molecule has 0 spiro atoms. The summed E-state index contributed by atoms with van der Waals surface area (Å²) in [5.41, 5.74) is 3.93. The first kappa shape index (κ1) is 30.6. The van der Waals surface area contributed by atoms with Gasteiger partial charge in [0.2, 0.25) is 5.91 Å². The Hall–Kier alpha value is -3.95. The minimum atomic E-state index is -0.570. The number of likely N-dealkylation sites (N-methyl/N-ethyl adjacent to an activating group) is 2. The van der Waals surface area contributed by atoms with E-state index >= 15 is 0 Å². The van der Waals surface area contributed by atoms with E-state index in [1.165, 1.54) is 17.6 Å². The molecule has 0 saturated heterocycles. The summed E-state index contributed by atoms with van der Waals surface area (Å²) < 4.78 is 23.4. The van der Waals surface area contributed by atoms with Crippen molar-refractivity contribution >= 4 is 29.0 Å². The Kier molecular flexibility index (Phi) is 9.55. The van der Waals surface area contributed by atoms with Gasteiger partial charge in [0.1, 0.15) is 11.1 Å². The molecule has 3 aromatic heterocycles. The summed E-state index contributed by atoms with van der Waals surface area (Å²) in [7, 11) is 1.71. The number of aromatic nitrogens is 3. The molecule has 0 atom stereocenters. The van der Waals surface area contributed by atoms with Gasteiger partial charge in [0.15, 0.2) is 11.5 Å². The Bertz CT molecular complexity index is 1500. The quantitative estimate of drug-likeness (QED) is 0.359. The molecular weight excluding hydrogens is 511 g/mol. The third kappa shape index (κ3) is 7.16. The van der Waals surface area contributed by atoms with Crippen molar-refractivity contribution in [3.05, 3.63) is 64.9 Å². The van der Waals surface area contributed by atoms with Gasteiger partial charge in [-0.05, 0) is 71.2 Å². The van der Waals surface area contributed by atoms with Gasteiger partial charge >= 0.3 is 6.09 Å². The third-order valence-electron chi connectivity index (χ3n) is 6.57. The Morgan fingerprint density at radius 1 is 1.12 bits per heavy atom. The van der Waals surface area contributed by atoms with E-state index in [0.29, 0.717) is 42.8 Å². The van der Waals surface area contributed by atoms with Crippen LogP contribution in [0.4, 0.5) is 14.9 Å². The molecule has 10 heteroatoms. The summed E-state index contributed by atoms with van der Waals surface area (Å²) >= 11 is 0. The van der Waals surface area contributed by atoms with Crippen molar-refractivity contribution in [3.8, 4) is 0 Å². The van der Waals surface area contributed by atoms with E-state index in [0.717, 1.165) is 16.8 Å². The van der Waals surface area contributed by atoms with Crippen LogP contribution in [0.1, 0.15) is 70.8 Å². The number of fused-ring (bicyclic) bond motifs is 1. The SMILES string of the molecule is CC/C(C)=C(/N=c1c(C)cc(N(CC)CCN(C)C(=O)OC(C)(C)C)cn1C(C)=O)c1cc(F)c2nccn2c1. The lowest BCUT2D eigenvalue weighted by atomic mass is 10.1.